The lowest BCUT2D eigenvalue weighted by Gasteiger charge is -2.32. The lowest BCUT2D eigenvalue weighted by Crippen LogP contribution is -2.38. The molecular formula is C24H24N6O3S. The molecule has 2 amide bonds. The summed E-state index contributed by atoms with van der Waals surface area (Å²) < 4.78 is 5.11. The number of anilines is 1. The van der Waals surface area contributed by atoms with Crippen molar-refractivity contribution in [2.45, 2.75) is 19.4 Å². The van der Waals surface area contributed by atoms with Gasteiger partial charge in [0, 0.05) is 37.6 Å². The second-order valence-electron chi connectivity index (χ2n) is 8.26. The predicted molar refractivity (Wildman–Crippen MR) is 130 cm³/mol. The number of thioether (sulfide) groups is 1. The molecule has 0 radical (unpaired) electrons. The van der Waals surface area contributed by atoms with Crippen LogP contribution in [0.4, 0.5) is 10.7 Å². The van der Waals surface area contributed by atoms with Gasteiger partial charge in [-0.1, -0.05) is 6.07 Å². The van der Waals surface area contributed by atoms with Crippen molar-refractivity contribution in [3.63, 3.8) is 0 Å². The minimum atomic E-state index is -0.381. The number of furan rings is 1. The average molecular weight is 477 g/mol. The molecule has 2 aliphatic heterocycles. The molecular weight excluding hydrogens is 452 g/mol. The number of hydrogen-bond donors (Lipinski definition) is 2. The van der Waals surface area contributed by atoms with Crippen LogP contribution in [0.1, 0.15) is 24.1 Å². The molecule has 0 aromatic carbocycles. The minimum Gasteiger partial charge on any atom is -0.472 e. The minimum absolute atomic E-state index is 0.353. The van der Waals surface area contributed by atoms with Crippen molar-refractivity contribution in [1.29, 1.82) is 0 Å². The molecule has 0 saturated carbocycles. The van der Waals surface area contributed by atoms with Crippen molar-refractivity contribution in [2.24, 2.45) is 5.92 Å². The summed E-state index contributed by atoms with van der Waals surface area (Å²) in [7, 11) is 0. The summed E-state index contributed by atoms with van der Waals surface area (Å²) in [4.78, 5) is 39.1. The molecule has 174 valence electrons. The van der Waals surface area contributed by atoms with Crippen molar-refractivity contribution >= 4 is 34.9 Å². The molecule has 0 bridgehead atoms. The quantitative estimate of drug-likeness (QED) is 0.495. The van der Waals surface area contributed by atoms with Gasteiger partial charge in [-0.2, -0.15) is 0 Å². The molecule has 10 heteroatoms. The maximum Gasteiger partial charge on any atom is 0.290 e. The molecule has 2 fully saturated rings. The summed E-state index contributed by atoms with van der Waals surface area (Å²) in [5, 5.41) is 5.45. The Morgan fingerprint density at radius 2 is 2.06 bits per heavy atom. The maximum atomic E-state index is 11.8. The van der Waals surface area contributed by atoms with Gasteiger partial charge in [-0.25, -0.2) is 9.97 Å². The molecule has 0 atom stereocenters. The van der Waals surface area contributed by atoms with Crippen LogP contribution in [0.5, 0.6) is 0 Å². The molecule has 0 spiro atoms. The van der Waals surface area contributed by atoms with Crippen molar-refractivity contribution in [3.05, 3.63) is 65.3 Å². The van der Waals surface area contributed by atoms with E-state index in [2.05, 4.69) is 36.6 Å². The van der Waals surface area contributed by atoms with Gasteiger partial charge in [-0.3, -0.25) is 19.9 Å². The number of amides is 2. The van der Waals surface area contributed by atoms with Crippen molar-refractivity contribution in [1.82, 2.24) is 25.6 Å². The van der Waals surface area contributed by atoms with Crippen LogP contribution in [0.15, 0.2) is 58.5 Å². The number of pyridine rings is 1. The Bertz CT molecular complexity index is 1190. The van der Waals surface area contributed by atoms with Gasteiger partial charge >= 0.3 is 0 Å². The van der Waals surface area contributed by atoms with E-state index in [0.29, 0.717) is 22.5 Å². The topological polar surface area (TPSA) is 113 Å². The molecule has 0 unspecified atom stereocenters. The Balaban J connectivity index is 1.09. The molecule has 0 aliphatic carbocycles. The third-order valence-electron chi connectivity index (χ3n) is 5.89. The molecule has 5 heterocycles. The molecule has 3 aromatic rings. The highest BCUT2D eigenvalue weighted by molar-refractivity contribution is 8.18. The van der Waals surface area contributed by atoms with Crippen molar-refractivity contribution < 1.29 is 14.0 Å². The number of imide groups is 1. The first-order chi connectivity index (χ1) is 16.6. The summed E-state index contributed by atoms with van der Waals surface area (Å²) in [5.41, 5.74) is 3.66. The van der Waals surface area contributed by atoms with Crippen LogP contribution in [0.2, 0.25) is 0 Å². The fourth-order valence-electron chi connectivity index (χ4n) is 4.02. The van der Waals surface area contributed by atoms with E-state index in [1.165, 1.54) is 0 Å². The summed E-state index contributed by atoms with van der Waals surface area (Å²) in [6.07, 6.45) is 10.7. The second kappa shape index (κ2) is 10.2. The van der Waals surface area contributed by atoms with Gasteiger partial charge in [-0.15, -0.1) is 0 Å². The Morgan fingerprint density at radius 3 is 2.76 bits per heavy atom. The highest BCUT2D eigenvalue weighted by Crippen LogP contribution is 2.26. The van der Waals surface area contributed by atoms with E-state index < -0.39 is 0 Å². The van der Waals surface area contributed by atoms with E-state index >= 15 is 0 Å². The van der Waals surface area contributed by atoms with E-state index in [-0.39, 0.29) is 11.1 Å². The highest BCUT2D eigenvalue weighted by Gasteiger charge is 2.25. The molecule has 34 heavy (non-hydrogen) atoms. The molecule has 2 aliphatic rings. The van der Waals surface area contributed by atoms with E-state index in [9.17, 15) is 9.59 Å². The fourth-order valence-corrected chi connectivity index (χ4v) is 4.68. The highest BCUT2D eigenvalue weighted by atomic mass is 32.2. The number of piperidine rings is 1. The van der Waals surface area contributed by atoms with Crippen LogP contribution in [0, 0.1) is 5.92 Å². The first-order valence-electron chi connectivity index (χ1n) is 11.1. The van der Waals surface area contributed by atoms with Crippen LogP contribution in [-0.4, -0.2) is 45.7 Å². The van der Waals surface area contributed by atoms with E-state index in [1.807, 2.05) is 18.3 Å². The Hall–Kier alpha value is -3.50. The van der Waals surface area contributed by atoms with Crippen LogP contribution >= 0.6 is 11.8 Å². The van der Waals surface area contributed by atoms with Crippen molar-refractivity contribution in [3.8, 4) is 11.3 Å². The summed E-state index contributed by atoms with van der Waals surface area (Å²) in [5.74, 6) is 0.858. The number of carbonyl (C=O) groups excluding carboxylic acids is 2. The van der Waals surface area contributed by atoms with Gasteiger partial charge in [0.2, 0.25) is 5.95 Å². The monoisotopic (exact) mass is 476 g/mol. The van der Waals surface area contributed by atoms with Crippen LogP contribution in [0.25, 0.3) is 17.3 Å². The Morgan fingerprint density at radius 1 is 1.18 bits per heavy atom. The number of aromatic nitrogens is 3. The number of nitrogens with one attached hydrogen (secondary N) is 2. The van der Waals surface area contributed by atoms with Crippen LogP contribution < -0.4 is 15.5 Å². The van der Waals surface area contributed by atoms with E-state index in [4.69, 9.17) is 4.42 Å². The molecule has 2 saturated heterocycles. The predicted octanol–water partition coefficient (Wildman–Crippen LogP) is 3.46. The largest absolute Gasteiger partial charge is 0.472 e. The maximum absolute atomic E-state index is 11.8. The first kappa shape index (κ1) is 22.3. The summed E-state index contributed by atoms with van der Waals surface area (Å²) in [6, 6.07) is 7.75. The fraction of sp³-hybridized carbons (Fsp3) is 0.292. The van der Waals surface area contributed by atoms with Gasteiger partial charge < -0.3 is 14.6 Å². The average Bonchev–Trinajstić information content (AvgIpc) is 3.50. The third-order valence-corrected chi connectivity index (χ3v) is 6.70. The lowest BCUT2D eigenvalue weighted by atomic mass is 9.97. The SMILES string of the molecule is O=C1NC(=O)/C(=C/c2ccnc(N3CCC(CNCc4ccc(-c5ccoc5)nc4)CC3)n2)S1. The number of nitrogens with zero attached hydrogens (tertiary/aromatic N) is 4. The zero-order valence-electron chi connectivity index (χ0n) is 18.4. The molecule has 2 N–H and O–H groups in total. The standard InChI is InChI=1S/C24H24N6O3S/c31-22-21(34-24(32)29-22)11-19-3-7-26-23(28-19)30-8-4-16(5-9-30)12-25-13-17-1-2-20(27-14-17)18-6-10-33-15-18/h1-3,6-7,10-11,14-16,25H,4-5,8-9,12-13H2,(H,29,31,32)/b21-11-. The van der Waals surface area contributed by atoms with E-state index in [0.717, 1.165) is 67.6 Å². The molecule has 3 aromatic heterocycles. The van der Waals surface area contributed by atoms with Gasteiger partial charge in [0.15, 0.2) is 0 Å². The van der Waals surface area contributed by atoms with Crippen LogP contribution in [0.3, 0.4) is 0 Å². The zero-order valence-corrected chi connectivity index (χ0v) is 19.3. The van der Waals surface area contributed by atoms with Gasteiger partial charge in [-0.05, 0) is 66.9 Å². The third kappa shape index (κ3) is 5.35. The molecule has 9 nitrogen and oxygen atoms in total. The number of carbonyl (C=O) groups is 2. The smallest absolute Gasteiger partial charge is 0.290 e. The summed E-state index contributed by atoms with van der Waals surface area (Å²) >= 11 is 0.889. The van der Waals surface area contributed by atoms with Gasteiger partial charge in [0.25, 0.3) is 11.1 Å². The van der Waals surface area contributed by atoms with Crippen LogP contribution in [-0.2, 0) is 11.3 Å². The zero-order chi connectivity index (χ0) is 23.3. The first-order valence-corrected chi connectivity index (χ1v) is 12.0. The lowest BCUT2D eigenvalue weighted by molar-refractivity contribution is -0.115. The Kier molecular flexibility index (Phi) is 6.68. The van der Waals surface area contributed by atoms with E-state index in [1.54, 1.807) is 30.9 Å². The molecule has 5 rings (SSSR count). The number of hydrogen-bond acceptors (Lipinski definition) is 9. The number of rotatable bonds is 7. The van der Waals surface area contributed by atoms with Crippen molar-refractivity contribution in [2.75, 3.05) is 24.5 Å². The Labute approximate surface area is 201 Å². The summed E-state index contributed by atoms with van der Waals surface area (Å²) in [6.45, 7) is 3.49. The normalized spacial score (nSPS) is 18.0. The van der Waals surface area contributed by atoms with Gasteiger partial charge in [0.1, 0.15) is 0 Å². The second-order valence-corrected chi connectivity index (χ2v) is 9.27. The van der Waals surface area contributed by atoms with Gasteiger partial charge in [0.05, 0.1) is 28.8 Å².